The van der Waals surface area contributed by atoms with Gasteiger partial charge in [0.1, 0.15) is 0 Å². The van der Waals surface area contributed by atoms with Crippen LogP contribution < -0.4 is 5.32 Å². The summed E-state index contributed by atoms with van der Waals surface area (Å²) >= 11 is 0. The topological polar surface area (TPSA) is 30.5 Å². The van der Waals surface area contributed by atoms with Crippen molar-refractivity contribution in [2.45, 2.75) is 52.2 Å². The van der Waals surface area contributed by atoms with Gasteiger partial charge in [-0.1, -0.05) is 26.0 Å². The Morgan fingerprint density at radius 3 is 2.67 bits per heavy atom. The Morgan fingerprint density at radius 1 is 1.19 bits per heavy atom. The Labute approximate surface area is 129 Å². The molecule has 2 rings (SSSR count). The number of anilines is 1. The molecule has 1 N–H and O–H groups in total. The first kappa shape index (κ1) is 16.3. The molecule has 3 nitrogen and oxygen atoms in total. The molecule has 0 aromatic heterocycles. The summed E-state index contributed by atoms with van der Waals surface area (Å²) in [6.07, 6.45) is 5.15. The van der Waals surface area contributed by atoms with Gasteiger partial charge in [-0.25, -0.2) is 0 Å². The molecular formula is C18H29NO2. The summed E-state index contributed by atoms with van der Waals surface area (Å²) in [6, 6.07) is 9.18. The number of benzene rings is 1. The summed E-state index contributed by atoms with van der Waals surface area (Å²) in [4.78, 5) is 0. The van der Waals surface area contributed by atoms with E-state index in [4.69, 9.17) is 9.47 Å². The molecule has 0 bridgehead atoms. The van der Waals surface area contributed by atoms with Gasteiger partial charge in [-0.3, -0.25) is 0 Å². The highest BCUT2D eigenvalue weighted by molar-refractivity contribution is 5.46. The highest BCUT2D eigenvalue weighted by atomic mass is 16.5. The van der Waals surface area contributed by atoms with E-state index in [1.165, 1.54) is 36.9 Å². The van der Waals surface area contributed by atoms with E-state index in [0.717, 1.165) is 0 Å². The fraction of sp³-hybridized carbons (Fsp3) is 0.667. The molecule has 1 aromatic rings. The van der Waals surface area contributed by atoms with Crippen LogP contribution in [-0.4, -0.2) is 26.4 Å². The highest BCUT2D eigenvalue weighted by Crippen LogP contribution is 2.36. The third-order valence-electron chi connectivity index (χ3n) is 4.34. The molecule has 3 heteroatoms. The van der Waals surface area contributed by atoms with Gasteiger partial charge in [-0.2, -0.15) is 0 Å². The Hall–Kier alpha value is -1.06. The molecule has 0 aliphatic heterocycles. The van der Waals surface area contributed by atoms with Crippen molar-refractivity contribution in [2.75, 3.05) is 25.6 Å². The van der Waals surface area contributed by atoms with Crippen LogP contribution in [0.15, 0.2) is 24.3 Å². The Morgan fingerprint density at radius 2 is 1.95 bits per heavy atom. The van der Waals surface area contributed by atoms with Crippen molar-refractivity contribution in [3.8, 4) is 0 Å². The molecule has 1 fully saturated rings. The lowest BCUT2D eigenvalue weighted by Gasteiger charge is -2.35. The van der Waals surface area contributed by atoms with Crippen LogP contribution >= 0.6 is 0 Å². The number of ether oxygens (including phenoxy) is 2. The molecule has 1 aliphatic rings. The van der Waals surface area contributed by atoms with Crippen LogP contribution in [0.1, 0.15) is 45.1 Å². The van der Waals surface area contributed by atoms with Gasteiger partial charge in [0.2, 0.25) is 0 Å². The van der Waals surface area contributed by atoms with Crippen LogP contribution in [0.25, 0.3) is 0 Å². The molecule has 0 saturated heterocycles. The minimum absolute atomic E-state index is 0.523. The molecule has 0 spiro atoms. The quantitative estimate of drug-likeness (QED) is 0.763. The second-order valence-corrected chi connectivity index (χ2v) is 6.83. The average Bonchev–Trinajstić information content (AvgIpc) is 2.46. The maximum Gasteiger partial charge on any atom is 0.0718 e. The lowest BCUT2D eigenvalue weighted by Crippen LogP contribution is -2.29. The normalized spacial score (nSPS) is 18.6. The number of hydrogen-bond acceptors (Lipinski definition) is 3. The molecule has 0 unspecified atom stereocenters. The van der Waals surface area contributed by atoms with Gasteiger partial charge in [-0.05, 0) is 48.8 Å². The SMILES string of the molecule is COCCOCc1cccc(NC2CCC(C)(C)CC2)c1. The van der Waals surface area contributed by atoms with Crippen molar-refractivity contribution in [3.05, 3.63) is 29.8 Å². The van der Waals surface area contributed by atoms with Gasteiger partial charge in [-0.15, -0.1) is 0 Å². The fourth-order valence-corrected chi connectivity index (χ4v) is 2.86. The molecule has 118 valence electrons. The van der Waals surface area contributed by atoms with Crippen LogP contribution in [0.5, 0.6) is 0 Å². The van der Waals surface area contributed by atoms with Gasteiger partial charge in [0, 0.05) is 18.8 Å². The standard InChI is InChI=1S/C18H29NO2/c1-18(2)9-7-16(8-10-18)19-17-6-4-5-15(13-17)14-21-12-11-20-3/h4-6,13,16,19H,7-12,14H2,1-3H3. The summed E-state index contributed by atoms with van der Waals surface area (Å²) < 4.78 is 10.6. The van der Waals surface area contributed by atoms with Crippen LogP contribution in [0.2, 0.25) is 0 Å². The predicted molar refractivity (Wildman–Crippen MR) is 87.6 cm³/mol. The van der Waals surface area contributed by atoms with Crippen molar-refractivity contribution in [1.82, 2.24) is 0 Å². The molecule has 0 heterocycles. The second kappa shape index (κ2) is 7.81. The Balaban J connectivity index is 1.81. The summed E-state index contributed by atoms with van der Waals surface area (Å²) in [7, 11) is 1.69. The average molecular weight is 291 g/mol. The fourth-order valence-electron chi connectivity index (χ4n) is 2.86. The van der Waals surface area contributed by atoms with Crippen LogP contribution in [0.3, 0.4) is 0 Å². The molecule has 0 amide bonds. The zero-order valence-electron chi connectivity index (χ0n) is 13.7. The minimum atomic E-state index is 0.523. The molecule has 0 radical (unpaired) electrons. The zero-order chi connectivity index (χ0) is 15.1. The largest absolute Gasteiger partial charge is 0.382 e. The second-order valence-electron chi connectivity index (χ2n) is 6.83. The number of rotatable bonds is 7. The summed E-state index contributed by atoms with van der Waals surface area (Å²) in [5.41, 5.74) is 2.95. The number of hydrogen-bond donors (Lipinski definition) is 1. The molecule has 0 atom stereocenters. The van der Waals surface area contributed by atoms with Crippen LogP contribution in [-0.2, 0) is 16.1 Å². The van der Waals surface area contributed by atoms with E-state index in [0.29, 0.717) is 31.3 Å². The predicted octanol–water partition coefficient (Wildman–Crippen LogP) is 4.23. The van der Waals surface area contributed by atoms with E-state index in [1.54, 1.807) is 7.11 Å². The van der Waals surface area contributed by atoms with Gasteiger partial charge in [0.05, 0.1) is 19.8 Å². The molecule has 21 heavy (non-hydrogen) atoms. The van der Waals surface area contributed by atoms with E-state index in [-0.39, 0.29) is 0 Å². The maximum atomic E-state index is 5.58. The summed E-state index contributed by atoms with van der Waals surface area (Å²) in [5, 5.41) is 3.68. The summed E-state index contributed by atoms with van der Waals surface area (Å²) in [5.74, 6) is 0. The van der Waals surface area contributed by atoms with Gasteiger partial charge in [0.15, 0.2) is 0 Å². The first-order valence-electron chi connectivity index (χ1n) is 8.01. The smallest absolute Gasteiger partial charge is 0.0718 e. The molecule has 1 aliphatic carbocycles. The van der Waals surface area contributed by atoms with Crippen LogP contribution in [0.4, 0.5) is 5.69 Å². The molecular weight excluding hydrogens is 262 g/mol. The van der Waals surface area contributed by atoms with Gasteiger partial charge < -0.3 is 14.8 Å². The lowest BCUT2D eigenvalue weighted by atomic mass is 9.75. The Bertz CT molecular complexity index is 421. The van der Waals surface area contributed by atoms with Crippen molar-refractivity contribution in [2.24, 2.45) is 5.41 Å². The molecule has 1 saturated carbocycles. The van der Waals surface area contributed by atoms with Crippen molar-refractivity contribution in [3.63, 3.8) is 0 Å². The minimum Gasteiger partial charge on any atom is -0.382 e. The van der Waals surface area contributed by atoms with E-state index >= 15 is 0 Å². The summed E-state index contributed by atoms with van der Waals surface area (Å²) in [6.45, 7) is 6.70. The van der Waals surface area contributed by atoms with Crippen molar-refractivity contribution >= 4 is 5.69 Å². The van der Waals surface area contributed by atoms with Gasteiger partial charge in [0.25, 0.3) is 0 Å². The number of nitrogens with one attached hydrogen (secondary N) is 1. The maximum absolute atomic E-state index is 5.58. The third-order valence-corrected chi connectivity index (χ3v) is 4.34. The lowest BCUT2D eigenvalue weighted by molar-refractivity contribution is 0.0617. The monoisotopic (exact) mass is 291 g/mol. The highest BCUT2D eigenvalue weighted by Gasteiger charge is 2.26. The first-order chi connectivity index (χ1) is 10.1. The van der Waals surface area contributed by atoms with E-state index in [2.05, 4.69) is 43.4 Å². The van der Waals surface area contributed by atoms with Crippen molar-refractivity contribution in [1.29, 1.82) is 0 Å². The van der Waals surface area contributed by atoms with E-state index in [1.807, 2.05) is 0 Å². The van der Waals surface area contributed by atoms with E-state index < -0.39 is 0 Å². The zero-order valence-corrected chi connectivity index (χ0v) is 13.7. The third kappa shape index (κ3) is 5.68. The van der Waals surface area contributed by atoms with Crippen molar-refractivity contribution < 1.29 is 9.47 Å². The Kier molecular flexibility index (Phi) is 6.07. The first-order valence-corrected chi connectivity index (χ1v) is 8.01. The number of methoxy groups -OCH3 is 1. The van der Waals surface area contributed by atoms with E-state index in [9.17, 15) is 0 Å². The van der Waals surface area contributed by atoms with Gasteiger partial charge >= 0.3 is 0 Å². The molecule has 1 aromatic carbocycles. The van der Waals surface area contributed by atoms with Crippen LogP contribution in [0, 0.1) is 5.41 Å².